The van der Waals surface area contributed by atoms with Crippen LogP contribution in [0.4, 0.5) is 4.39 Å². The van der Waals surface area contributed by atoms with Crippen LogP contribution >= 0.6 is 0 Å². The molecule has 150 valence electrons. The fourth-order valence-corrected chi connectivity index (χ4v) is 3.87. The number of aliphatic hydroxyl groups is 1. The first-order valence-electron chi connectivity index (χ1n) is 9.56. The third-order valence-corrected chi connectivity index (χ3v) is 5.36. The molecule has 1 aliphatic heterocycles. The average Bonchev–Trinajstić information content (AvgIpc) is 2.68. The highest BCUT2D eigenvalue weighted by atomic mass is 19.1. The number of methoxy groups -OCH3 is 1. The number of ether oxygens (including phenoxy) is 1. The fourth-order valence-electron chi connectivity index (χ4n) is 3.87. The van der Waals surface area contributed by atoms with Crippen molar-refractivity contribution < 1.29 is 19.0 Å². The smallest absolute Gasteiger partial charge is 0.248 e. The first kappa shape index (κ1) is 20.5. The minimum absolute atomic E-state index is 0.0327. The van der Waals surface area contributed by atoms with Gasteiger partial charge in [-0.1, -0.05) is 36.4 Å². The summed E-state index contributed by atoms with van der Waals surface area (Å²) in [5.74, 6) is -0.194. The quantitative estimate of drug-likeness (QED) is 0.731. The van der Waals surface area contributed by atoms with E-state index in [0.29, 0.717) is 13.1 Å². The molecule has 0 aromatic heterocycles. The Labute approximate surface area is 165 Å². The van der Waals surface area contributed by atoms with Gasteiger partial charge in [0.25, 0.3) is 0 Å². The number of benzene rings is 2. The monoisotopic (exact) mass is 386 g/mol. The van der Waals surface area contributed by atoms with Crippen molar-refractivity contribution in [2.24, 2.45) is 0 Å². The maximum atomic E-state index is 13.5. The van der Waals surface area contributed by atoms with Crippen LogP contribution in [-0.2, 0) is 9.53 Å². The zero-order valence-corrected chi connectivity index (χ0v) is 16.3. The Morgan fingerprint density at radius 2 is 1.93 bits per heavy atom. The molecule has 1 aliphatic rings. The van der Waals surface area contributed by atoms with Gasteiger partial charge in [0, 0.05) is 38.2 Å². The summed E-state index contributed by atoms with van der Waals surface area (Å²) in [7, 11) is 1.51. The summed E-state index contributed by atoms with van der Waals surface area (Å²) in [6.45, 7) is 3.21. The second kappa shape index (κ2) is 9.28. The van der Waals surface area contributed by atoms with Crippen LogP contribution in [0.1, 0.15) is 18.4 Å². The first-order valence-corrected chi connectivity index (χ1v) is 9.56. The van der Waals surface area contributed by atoms with Gasteiger partial charge in [-0.25, -0.2) is 4.39 Å². The predicted molar refractivity (Wildman–Crippen MR) is 107 cm³/mol. The number of nitrogens with zero attached hydrogens (tertiary/aromatic N) is 1. The van der Waals surface area contributed by atoms with Crippen LogP contribution in [0.5, 0.6) is 0 Å². The van der Waals surface area contributed by atoms with Crippen molar-refractivity contribution in [2.75, 3.05) is 33.4 Å². The third-order valence-electron chi connectivity index (χ3n) is 5.36. The SMILES string of the molecule is CCN(C[C@H]1N[C@@H](CO)[C@@H]1c1ccc(-c2cccc(F)c2)cc1)C(=O)COC. The van der Waals surface area contributed by atoms with E-state index < -0.39 is 0 Å². The Morgan fingerprint density at radius 1 is 1.18 bits per heavy atom. The normalized spacial score (nSPS) is 21.2. The third kappa shape index (κ3) is 4.41. The van der Waals surface area contributed by atoms with Gasteiger partial charge in [-0.3, -0.25) is 4.79 Å². The molecule has 28 heavy (non-hydrogen) atoms. The topological polar surface area (TPSA) is 61.8 Å². The molecule has 1 amide bonds. The highest BCUT2D eigenvalue weighted by Gasteiger charge is 2.41. The second-order valence-corrected chi connectivity index (χ2v) is 7.09. The molecular formula is C22H27FN2O3. The van der Waals surface area contributed by atoms with E-state index in [9.17, 15) is 14.3 Å². The van der Waals surface area contributed by atoms with Gasteiger partial charge in [0.2, 0.25) is 5.91 Å². The highest BCUT2D eigenvalue weighted by Crippen LogP contribution is 2.34. The minimum Gasteiger partial charge on any atom is -0.395 e. The van der Waals surface area contributed by atoms with Crippen LogP contribution < -0.4 is 5.32 Å². The molecule has 5 nitrogen and oxygen atoms in total. The summed E-state index contributed by atoms with van der Waals surface area (Å²) in [6.07, 6.45) is 0. The molecule has 0 saturated carbocycles. The van der Waals surface area contributed by atoms with Crippen molar-refractivity contribution >= 4 is 5.91 Å². The molecule has 0 unspecified atom stereocenters. The van der Waals surface area contributed by atoms with E-state index in [4.69, 9.17) is 4.74 Å². The molecule has 0 aliphatic carbocycles. The van der Waals surface area contributed by atoms with Gasteiger partial charge in [-0.2, -0.15) is 0 Å². The predicted octanol–water partition coefficient (Wildman–Crippen LogP) is 2.40. The molecule has 6 heteroatoms. The Kier molecular flexibility index (Phi) is 6.78. The number of hydrogen-bond donors (Lipinski definition) is 2. The highest BCUT2D eigenvalue weighted by molar-refractivity contribution is 5.77. The summed E-state index contributed by atoms with van der Waals surface area (Å²) in [5.41, 5.74) is 2.87. The number of hydrogen-bond acceptors (Lipinski definition) is 4. The van der Waals surface area contributed by atoms with Crippen LogP contribution in [-0.4, -0.2) is 61.4 Å². The van der Waals surface area contributed by atoms with E-state index in [0.717, 1.165) is 16.7 Å². The second-order valence-electron chi connectivity index (χ2n) is 7.09. The van der Waals surface area contributed by atoms with Gasteiger partial charge in [-0.05, 0) is 35.7 Å². The van der Waals surface area contributed by atoms with E-state index in [1.54, 1.807) is 11.0 Å². The van der Waals surface area contributed by atoms with Crippen LogP contribution in [0.15, 0.2) is 48.5 Å². The van der Waals surface area contributed by atoms with E-state index in [1.807, 2.05) is 37.3 Å². The molecule has 0 radical (unpaired) electrons. The van der Waals surface area contributed by atoms with Crippen molar-refractivity contribution in [3.8, 4) is 11.1 Å². The molecule has 2 aromatic rings. The molecule has 0 spiro atoms. The number of rotatable bonds is 8. The summed E-state index contributed by atoms with van der Waals surface area (Å²) in [6, 6.07) is 14.5. The molecule has 1 saturated heterocycles. The number of nitrogens with one attached hydrogen (secondary N) is 1. The maximum absolute atomic E-state index is 13.5. The Morgan fingerprint density at radius 3 is 2.54 bits per heavy atom. The largest absolute Gasteiger partial charge is 0.395 e. The van der Waals surface area contributed by atoms with Crippen LogP contribution in [0.25, 0.3) is 11.1 Å². The lowest BCUT2D eigenvalue weighted by atomic mass is 9.77. The number of carbonyl (C=O) groups is 1. The number of amides is 1. The van der Waals surface area contributed by atoms with Gasteiger partial charge < -0.3 is 20.1 Å². The van der Waals surface area contributed by atoms with Gasteiger partial charge in [0.05, 0.1) is 6.61 Å². The van der Waals surface area contributed by atoms with E-state index in [-0.39, 0.29) is 42.9 Å². The molecule has 2 N–H and O–H groups in total. The van der Waals surface area contributed by atoms with Gasteiger partial charge in [-0.15, -0.1) is 0 Å². The van der Waals surface area contributed by atoms with Crippen molar-refractivity contribution in [2.45, 2.75) is 24.9 Å². The average molecular weight is 386 g/mol. The summed E-state index contributed by atoms with van der Waals surface area (Å²) in [5, 5.41) is 13.0. The van der Waals surface area contributed by atoms with Gasteiger partial charge in [0.1, 0.15) is 12.4 Å². The van der Waals surface area contributed by atoms with Gasteiger partial charge in [0.15, 0.2) is 0 Å². The standard InChI is InChI=1S/C22H27FN2O3/c1-3-25(21(27)14-28-2)12-19-22(20(13-26)24-19)16-9-7-15(8-10-16)17-5-4-6-18(23)11-17/h4-11,19-20,22,24,26H,3,12-14H2,1-2H3/t19-,20+,22-/m1/s1. The summed E-state index contributed by atoms with van der Waals surface area (Å²) >= 11 is 0. The lowest BCUT2D eigenvalue weighted by molar-refractivity contribution is -0.135. The van der Waals surface area contributed by atoms with Crippen molar-refractivity contribution in [3.63, 3.8) is 0 Å². The van der Waals surface area contributed by atoms with Crippen LogP contribution in [0.2, 0.25) is 0 Å². The number of aliphatic hydroxyl groups excluding tert-OH is 1. The number of carbonyl (C=O) groups excluding carboxylic acids is 1. The first-order chi connectivity index (χ1) is 13.6. The van der Waals surface area contributed by atoms with E-state index in [1.165, 1.54) is 19.2 Å². The van der Waals surface area contributed by atoms with E-state index in [2.05, 4.69) is 5.32 Å². The molecule has 3 rings (SSSR count). The fraction of sp³-hybridized carbons (Fsp3) is 0.409. The zero-order valence-electron chi connectivity index (χ0n) is 16.3. The molecule has 0 bridgehead atoms. The van der Waals surface area contributed by atoms with Gasteiger partial charge >= 0.3 is 0 Å². The van der Waals surface area contributed by atoms with Crippen molar-refractivity contribution in [1.82, 2.24) is 10.2 Å². The lowest BCUT2D eigenvalue weighted by Crippen LogP contribution is -2.65. The number of halogens is 1. The van der Waals surface area contributed by atoms with Crippen LogP contribution in [0.3, 0.4) is 0 Å². The maximum Gasteiger partial charge on any atom is 0.248 e. The Hall–Kier alpha value is -2.28. The zero-order chi connectivity index (χ0) is 20.1. The van der Waals surface area contributed by atoms with E-state index >= 15 is 0 Å². The molecular weight excluding hydrogens is 359 g/mol. The van der Waals surface area contributed by atoms with Crippen molar-refractivity contribution in [3.05, 3.63) is 59.9 Å². The van der Waals surface area contributed by atoms with Crippen molar-refractivity contribution in [1.29, 1.82) is 0 Å². The minimum atomic E-state index is -0.259. The molecule has 1 fully saturated rings. The molecule has 2 aromatic carbocycles. The Balaban J connectivity index is 1.75. The van der Waals surface area contributed by atoms with Crippen LogP contribution in [0, 0.1) is 5.82 Å². The molecule has 1 heterocycles. The number of likely N-dealkylation sites (N-methyl/N-ethyl adjacent to an activating group) is 1. The molecule has 3 atom stereocenters. The lowest BCUT2D eigenvalue weighted by Gasteiger charge is -2.47. The summed E-state index contributed by atoms with van der Waals surface area (Å²) in [4.78, 5) is 13.9. The Bertz CT molecular complexity index is 797. The summed E-state index contributed by atoms with van der Waals surface area (Å²) < 4.78 is 18.4.